The third kappa shape index (κ3) is 3.37. The Balaban J connectivity index is 2.98. The van der Waals surface area contributed by atoms with Crippen molar-refractivity contribution in [2.75, 3.05) is 7.11 Å². The van der Waals surface area contributed by atoms with Crippen molar-refractivity contribution in [3.8, 4) is 0 Å². The van der Waals surface area contributed by atoms with Gasteiger partial charge in [-0.2, -0.15) is 5.10 Å². The predicted octanol–water partition coefficient (Wildman–Crippen LogP) is 1.63. The summed E-state index contributed by atoms with van der Waals surface area (Å²) in [5, 5.41) is 6.93. The third-order valence-electron chi connectivity index (χ3n) is 2.88. The van der Waals surface area contributed by atoms with Gasteiger partial charge in [0.05, 0.1) is 12.6 Å². The van der Waals surface area contributed by atoms with Crippen molar-refractivity contribution in [1.29, 1.82) is 0 Å². The van der Waals surface area contributed by atoms with Crippen LogP contribution < -0.4 is 5.32 Å². The van der Waals surface area contributed by atoms with Gasteiger partial charge >= 0.3 is 5.97 Å². The highest BCUT2D eigenvalue weighted by Crippen LogP contribution is 2.17. The first-order valence-corrected chi connectivity index (χ1v) is 6.47. The van der Waals surface area contributed by atoms with Crippen LogP contribution in [0, 0.1) is 6.92 Å². The molecule has 1 N–H and O–H groups in total. The molecule has 112 valence electrons. The SMILES string of the molecule is COC(=O)C(C)(C)NC(=O)c1cc(C)n(C(C)(C)C)n1. The van der Waals surface area contributed by atoms with E-state index in [0.717, 1.165) is 5.69 Å². The molecule has 1 amide bonds. The fourth-order valence-corrected chi connectivity index (χ4v) is 1.92. The standard InChI is InChI=1S/C14H23N3O3/c1-9-8-10(16-17(9)13(2,3)4)11(18)15-14(5,6)12(19)20-7/h8H,1-7H3,(H,15,18). The largest absolute Gasteiger partial charge is 0.467 e. The van der Waals surface area contributed by atoms with Crippen molar-refractivity contribution in [3.63, 3.8) is 0 Å². The van der Waals surface area contributed by atoms with Gasteiger partial charge in [0, 0.05) is 5.69 Å². The van der Waals surface area contributed by atoms with E-state index in [0.29, 0.717) is 0 Å². The molecule has 0 aromatic carbocycles. The van der Waals surface area contributed by atoms with Gasteiger partial charge in [0.15, 0.2) is 0 Å². The number of esters is 1. The monoisotopic (exact) mass is 281 g/mol. The summed E-state index contributed by atoms with van der Waals surface area (Å²) in [5.74, 6) is -0.899. The minimum atomic E-state index is -1.09. The maximum Gasteiger partial charge on any atom is 0.330 e. The number of aryl methyl sites for hydroxylation is 1. The molecule has 6 nitrogen and oxygen atoms in total. The average Bonchev–Trinajstić information content (AvgIpc) is 2.69. The van der Waals surface area contributed by atoms with Crippen molar-refractivity contribution in [3.05, 3.63) is 17.5 Å². The van der Waals surface area contributed by atoms with Crippen LogP contribution >= 0.6 is 0 Å². The Bertz CT molecular complexity index is 524. The number of ether oxygens (including phenoxy) is 1. The zero-order chi connectivity index (χ0) is 15.7. The summed E-state index contributed by atoms with van der Waals surface area (Å²) in [4.78, 5) is 23.7. The number of amides is 1. The second kappa shape index (κ2) is 5.26. The van der Waals surface area contributed by atoms with Crippen LogP contribution in [0.4, 0.5) is 0 Å². The van der Waals surface area contributed by atoms with Crippen molar-refractivity contribution in [1.82, 2.24) is 15.1 Å². The molecule has 1 heterocycles. The molecule has 0 radical (unpaired) electrons. The Morgan fingerprint density at radius 1 is 1.25 bits per heavy atom. The zero-order valence-electron chi connectivity index (χ0n) is 13.2. The molecule has 0 saturated carbocycles. The summed E-state index contributed by atoms with van der Waals surface area (Å²) < 4.78 is 6.44. The van der Waals surface area contributed by atoms with Gasteiger partial charge < -0.3 is 10.1 Å². The molecule has 0 fully saturated rings. The number of hydrogen-bond acceptors (Lipinski definition) is 4. The van der Waals surface area contributed by atoms with Gasteiger partial charge in [0.25, 0.3) is 5.91 Å². The van der Waals surface area contributed by atoms with Crippen LogP contribution in [0.3, 0.4) is 0 Å². The second-order valence-electron chi connectivity index (χ2n) is 6.32. The molecule has 0 aliphatic heterocycles. The number of nitrogens with one attached hydrogen (secondary N) is 1. The van der Waals surface area contributed by atoms with E-state index in [9.17, 15) is 9.59 Å². The maximum atomic E-state index is 12.2. The Morgan fingerprint density at radius 2 is 1.80 bits per heavy atom. The lowest BCUT2D eigenvalue weighted by Crippen LogP contribution is -2.50. The van der Waals surface area contributed by atoms with Gasteiger partial charge in [-0.05, 0) is 47.6 Å². The molecule has 0 unspecified atom stereocenters. The molecule has 0 atom stereocenters. The van der Waals surface area contributed by atoms with Crippen LogP contribution in [0.5, 0.6) is 0 Å². The number of hydrogen-bond donors (Lipinski definition) is 1. The lowest BCUT2D eigenvalue weighted by Gasteiger charge is -2.23. The van der Waals surface area contributed by atoms with E-state index < -0.39 is 17.4 Å². The molecule has 0 aliphatic rings. The first-order chi connectivity index (χ1) is 8.99. The smallest absolute Gasteiger partial charge is 0.330 e. The number of rotatable bonds is 3. The van der Waals surface area contributed by atoms with Crippen LogP contribution in [0.2, 0.25) is 0 Å². The van der Waals surface area contributed by atoms with Gasteiger partial charge in [-0.1, -0.05) is 0 Å². The van der Waals surface area contributed by atoms with E-state index in [1.54, 1.807) is 24.6 Å². The molecular formula is C14H23N3O3. The summed E-state index contributed by atoms with van der Waals surface area (Å²) in [6.45, 7) is 11.1. The molecule has 0 bridgehead atoms. The minimum Gasteiger partial charge on any atom is -0.467 e. The molecule has 0 spiro atoms. The number of nitrogens with zero attached hydrogens (tertiary/aromatic N) is 2. The average molecular weight is 281 g/mol. The van der Waals surface area contributed by atoms with Gasteiger partial charge in [-0.25, -0.2) is 4.79 Å². The third-order valence-corrected chi connectivity index (χ3v) is 2.88. The minimum absolute atomic E-state index is 0.208. The summed E-state index contributed by atoms with van der Waals surface area (Å²) in [7, 11) is 1.29. The topological polar surface area (TPSA) is 73.2 Å². The van der Waals surface area contributed by atoms with E-state index in [2.05, 4.69) is 15.2 Å². The van der Waals surface area contributed by atoms with Crippen LogP contribution in [-0.2, 0) is 15.1 Å². The Labute approximate surface area is 119 Å². The van der Waals surface area contributed by atoms with E-state index in [1.165, 1.54) is 7.11 Å². The highest BCUT2D eigenvalue weighted by molar-refractivity contribution is 5.96. The molecule has 6 heteroatoms. The maximum absolute atomic E-state index is 12.2. The van der Waals surface area contributed by atoms with Crippen LogP contribution in [0.25, 0.3) is 0 Å². The number of methoxy groups -OCH3 is 1. The summed E-state index contributed by atoms with van der Waals surface area (Å²) in [6, 6.07) is 1.70. The summed E-state index contributed by atoms with van der Waals surface area (Å²) in [6.07, 6.45) is 0. The van der Waals surface area contributed by atoms with E-state index in [4.69, 9.17) is 0 Å². The molecule has 20 heavy (non-hydrogen) atoms. The van der Waals surface area contributed by atoms with Gasteiger partial charge in [0.1, 0.15) is 11.2 Å². The Morgan fingerprint density at radius 3 is 2.20 bits per heavy atom. The molecule has 0 aliphatic carbocycles. The fourth-order valence-electron chi connectivity index (χ4n) is 1.92. The normalized spacial score (nSPS) is 12.2. The predicted molar refractivity (Wildman–Crippen MR) is 75.5 cm³/mol. The quantitative estimate of drug-likeness (QED) is 0.855. The highest BCUT2D eigenvalue weighted by atomic mass is 16.5. The molecule has 0 saturated heterocycles. The molecule has 1 rings (SSSR count). The van der Waals surface area contributed by atoms with Crippen LogP contribution in [-0.4, -0.2) is 34.3 Å². The van der Waals surface area contributed by atoms with Crippen molar-refractivity contribution < 1.29 is 14.3 Å². The first kappa shape index (κ1) is 16.2. The Kier molecular flexibility index (Phi) is 4.27. The van der Waals surface area contributed by atoms with Gasteiger partial charge in [-0.3, -0.25) is 9.48 Å². The summed E-state index contributed by atoms with van der Waals surface area (Å²) in [5.41, 5.74) is -0.126. The zero-order valence-corrected chi connectivity index (χ0v) is 13.2. The van der Waals surface area contributed by atoms with Crippen molar-refractivity contribution >= 4 is 11.9 Å². The number of carbonyl (C=O) groups excluding carboxylic acids is 2. The van der Waals surface area contributed by atoms with Gasteiger partial charge in [0.2, 0.25) is 0 Å². The van der Waals surface area contributed by atoms with E-state index in [1.807, 2.05) is 27.7 Å². The highest BCUT2D eigenvalue weighted by Gasteiger charge is 2.32. The second-order valence-corrected chi connectivity index (χ2v) is 6.32. The van der Waals surface area contributed by atoms with Crippen LogP contribution in [0.1, 0.15) is 50.8 Å². The number of aromatic nitrogens is 2. The van der Waals surface area contributed by atoms with Crippen molar-refractivity contribution in [2.24, 2.45) is 0 Å². The molecule has 1 aromatic rings. The molecule has 1 aromatic heterocycles. The first-order valence-electron chi connectivity index (χ1n) is 6.47. The number of carbonyl (C=O) groups is 2. The van der Waals surface area contributed by atoms with Crippen molar-refractivity contribution in [2.45, 2.75) is 52.6 Å². The van der Waals surface area contributed by atoms with E-state index in [-0.39, 0.29) is 11.2 Å². The molecular weight excluding hydrogens is 258 g/mol. The summed E-state index contributed by atoms with van der Waals surface area (Å²) >= 11 is 0. The Hall–Kier alpha value is -1.85. The van der Waals surface area contributed by atoms with E-state index >= 15 is 0 Å². The van der Waals surface area contributed by atoms with Crippen LogP contribution in [0.15, 0.2) is 6.07 Å². The lowest BCUT2D eigenvalue weighted by atomic mass is 10.1. The van der Waals surface area contributed by atoms with Gasteiger partial charge in [-0.15, -0.1) is 0 Å². The lowest BCUT2D eigenvalue weighted by molar-refractivity contribution is -0.146. The fraction of sp³-hybridized carbons (Fsp3) is 0.643.